The molecule has 0 spiro atoms. The average Bonchev–Trinajstić information content (AvgIpc) is 2.78. The van der Waals surface area contributed by atoms with Crippen molar-refractivity contribution in [2.75, 3.05) is 6.54 Å². The fourth-order valence-corrected chi connectivity index (χ4v) is 1.68. The molecule has 2 rings (SSSR count). The van der Waals surface area contributed by atoms with Gasteiger partial charge in [0, 0.05) is 19.2 Å². The Balaban J connectivity index is 1.86. The Morgan fingerprint density at radius 2 is 2.11 bits per heavy atom. The summed E-state index contributed by atoms with van der Waals surface area (Å²) in [5.41, 5.74) is 1.04. The average molecular weight is 268 g/mol. The second kappa shape index (κ2) is 5.90. The molecule has 0 amide bonds. The molecular formula is C13H14F2N2O2. The van der Waals surface area contributed by atoms with Crippen LogP contribution in [0.3, 0.4) is 0 Å². The summed E-state index contributed by atoms with van der Waals surface area (Å²) in [6.45, 7) is 2.42. The summed E-state index contributed by atoms with van der Waals surface area (Å²) in [6, 6.07) is 5.11. The van der Waals surface area contributed by atoms with Crippen LogP contribution in [0.5, 0.6) is 0 Å². The first-order valence-corrected chi connectivity index (χ1v) is 5.82. The van der Waals surface area contributed by atoms with E-state index in [0.717, 1.165) is 17.8 Å². The summed E-state index contributed by atoms with van der Waals surface area (Å²) in [5, 5.41) is 16.6. The van der Waals surface area contributed by atoms with Crippen LogP contribution >= 0.6 is 0 Å². The third kappa shape index (κ3) is 3.59. The minimum Gasteiger partial charge on any atom is -0.387 e. The Morgan fingerprint density at radius 3 is 2.74 bits per heavy atom. The van der Waals surface area contributed by atoms with E-state index in [4.69, 9.17) is 4.52 Å². The van der Waals surface area contributed by atoms with Crippen LogP contribution in [0.1, 0.15) is 23.1 Å². The van der Waals surface area contributed by atoms with Crippen molar-refractivity contribution in [2.24, 2.45) is 0 Å². The van der Waals surface area contributed by atoms with Gasteiger partial charge >= 0.3 is 0 Å². The van der Waals surface area contributed by atoms with Gasteiger partial charge < -0.3 is 14.9 Å². The van der Waals surface area contributed by atoms with Gasteiger partial charge in [-0.3, -0.25) is 0 Å². The minimum atomic E-state index is -0.969. The zero-order chi connectivity index (χ0) is 13.8. The highest BCUT2D eigenvalue weighted by molar-refractivity contribution is 5.20. The van der Waals surface area contributed by atoms with E-state index in [9.17, 15) is 13.9 Å². The zero-order valence-electron chi connectivity index (χ0n) is 10.4. The van der Waals surface area contributed by atoms with E-state index in [2.05, 4.69) is 10.5 Å². The van der Waals surface area contributed by atoms with E-state index in [1.54, 1.807) is 13.0 Å². The fraction of sp³-hybridized carbons (Fsp3) is 0.308. The number of nitrogens with one attached hydrogen (secondary N) is 1. The highest BCUT2D eigenvalue weighted by atomic mass is 19.2. The summed E-state index contributed by atoms with van der Waals surface area (Å²) in [4.78, 5) is 0. The minimum absolute atomic E-state index is 0.205. The van der Waals surface area contributed by atoms with Crippen LogP contribution in [-0.2, 0) is 6.54 Å². The molecule has 1 aromatic heterocycles. The molecule has 4 nitrogen and oxygen atoms in total. The lowest BCUT2D eigenvalue weighted by molar-refractivity contribution is 0.173. The molecule has 0 saturated heterocycles. The van der Waals surface area contributed by atoms with Crippen molar-refractivity contribution in [3.63, 3.8) is 0 Å². The van der Waals surface area contributed by atoms with E-state index >= 15 is 0 Å². The van der Waals surface area contributed by atoms with Gasteiger partial charge in [0.25, 0.3) is 0 Å². The van der Waals surface area contributed by atoms with Gasteiger partial charge in [-0.15, -0.1) is 0 Å². The standard InChI is InChI=1S/C13H14F2N2O2/c1-8-4-10(17-19-8)6-16-7-13(18)9-2-3-11(14)12(15)5-9/h2-5,13,16,18H,6-7H2,1H3. The highest BCUT2D eigenvalue weighted by Crippen LogP contribution is 2.15. The maximum absolute atomic E-state index is 13.0. The second-order valence-electron chi connectivity index (χ2n) is 4.25. The van der Waals surface area contributed by atoms with E-state index < -0.39 is 17.7 Å². The maximum Gasteiger partial charge on any atom is 0.159 e. The van der Waals surface area contributed by atoms with Crippen LogP contribution in [-0.4, -0.2) is 16.8 Å². The highest BCUT2D eigenvalue weighted by Gasteiger charge is 2.11. The number of benzene rings is 1. The van der Waals surface area contributed by atoms with Crippen molar-refractivity contribution in [2.45, 2.75) is 19.6 Å². The number of aliphatic hydroxyl groups excluding tert-OH is 1. The third-order valence-corrected chi connectivity index (χ3v) is 2.65. The third-order valence-electron chi connectivity index (χ3n) is 2.65. The molecule has 1 unspecified atom stereocenters. The van der Waals surface area contributed by atoms with Crippen LogP contribution in [0.15, 0.2) is 28.8 Å². The number of aromatic nitrogens is 1. The molecule has 1 aromatic carbocycles. The molecule has 2 aromatic rings. The number of aliphatic hydroxyl groups is 1. The summed E-state index contributed by atoms with van der Waals surface area (Å²) in [6.07, 6.45) is -0.914. The van der Waals surface area contributed by atoms with Crippen molar-refractivity contribution >= 4 is 0 Å². The van der Waals surface area contributed by atoms with Crippen molar-refractivity contribution in [3.05, 3.63) is 52.9 Å². The number of aryl methyl sites for hydroxylation is 1. The lowest BCUT2D eigenvalue weighted by Crippen LogP contribution is -2.21. The molecule has 19 heavy (non-hydrogen) atoms. The van der Waals surface area contributed by atoms with Gasteiger partial charge in [-0.2, -0.15) is 0 Å². The Hall–Kier alpha value is -1.79. The molecule has 0 fully saturated rings. The predicted molar refractivity (Wildman–Crippen MR) is 64.3 cm³/mol. The molecule has 1 atom stereocenters. The van der Waals surface area contributed by atoms with Crippen LogP contribution in [0.25, 0.3) is 0 Å². The Labute approximate surface area is 109 Å². The van der Waals surface area contributed by atoms with Gasteiger partial charge in [0.15, 0.2) is 11.6 Å². The van der Waals surface area contributed by atoms with E-state index in [1.165, 1.54) is 6.07 Å². The number of hydrogen-bond acceptors (Lipinski definition) is 4. The number of nitrogens with zero attached hydrogens (tertiary/aromatic N) is 1. The molecule has 102 valence electrons. The van der Waals surface area contributed by atoms with Crippen molar-refractivity contribution in [3.8, 4) is 0 Å². The van der Waals surface area contributed by atoms with Gasteiger partial charge in [0.05, 0.1) is 11.8 Å². The van der Waals surface area contributed by atoms with Crippen LogP contribution in [0.4, 0.5) is 8.78 Å². The Bertz CT molecular complexity index is 557. The normalized spacial score (nSPS) is 12.6. The number of hydrogen-bond donors (Lipinski definition) is 2. The summed E-state index contributed by atoms with van der Waals surface area (Å²) in [5.74, 6) is -1.19. The van der Waals surface area contributed by atoms with Crippen LogP contribution < -0.4 is 5.32 Å². The monoisotopic (exact) mass is 268 g/mol. The largest absolute Gasteiger partial charge is 0.387 e. The summed E-state index contributed by atoms with van der Waals surface area (Å²) >= 11 is 0. The molecule has 1 heterocycles. The van der Waals surface area contributed by atoms with Crippen molar-refractivity contribution in [1.82, 2.24) is 10.5 Å². The molecule has 0 aliphatic heterocycles. The molecule has 0 saturated carbocycles. The van der Waals surface area contributed by atoms with Crippen molar-refractivity contribution < 1.29 is 18.4 Å². The molecule has 0 bridgehead atoms. The first-order chi connectivity index (χ1) is 9.06. The van der Waals surface area contributed by atoms with Gasteiger partial charge in [-0.25, -0.2) is 8.78 Å². The first kappa shape index (κ1) is 13.6. The number of halogens is 2. The van der Waals surface area contributed by atoms with E-state index in [1.807, 2.05) is 0 Å². The molecule has 0 aliphatic rings. The molecular weight excluding hydrogens is 254 g/mol. The van der Waals surface area contributed by atoms with E-state index in [-0.39, 0.29) is 6.54 Å². The van der Waals surface area contributed by atoms with Gasteiger partial charge in [0.2, 0.25) is 0 Å². The first-order valence-electron chi connectivity index (χ1n) is 5.82. The summed E-state index contributed by atoms with van der Waals surface area (Å²) in [7, 11) is 0. The van der Waals surface area contributed by atoms with Crippen molar-refractivity contribution in [1.29, 1.82) is 0 Å². The molecule has 0 aliphatic carbocycles. The SMILES string of the molecule is Cc1cc(CNCC(O)c2ccc(F)c(F)c2)no1. The van der Waals surface area contributed by atoms with Gasteiger partial charge in [-0.05, 0) is 24.6 Å². The topological polar surface area (TPSA) is 58.3 Å². The zero-order valence-corrected chi connectivity index (χ0v) is 10.4. The van der Waals surface area contributed by atoms with Gasteiger partial charge in [-0.1, -0.05) is 11.2 Å². The lowest BCUT2D eigenvalue weighted by Gasteiger charge is -2.11. The maximum atomic E-state index is 13.0. The van der Waals surface area contributed by atoms with Gasteiger partial charge in [0.1, 0.15) is 5.76 Å². The van der Waals surface area contributed by atoms with Crippen LogP contribution in [0, 0.1) is 18.6 Å². The van der Waals surface area contributed by atoms with E-state index in [0.29, 0.717) is 17.9 Å². The van der Waals surface area contributed by atoms with Crippen LogP contribution in [0.2, 0.25) is 0 Å². The Kier molecular flexibility index (Phi) is 4.24. The molecule has 2 N–H and O–H groups in total. The molecule has 0 radical (unpaired) electrons. The Morgan fingerprint density at radius 1 is 1.32 bits per heavy atom. The smallest absolute Gasteiger partial charge is 0.159 e. The second-order valence-corrected chi connectivity index (χ2v) is 4.25. The fourth-order valence-electron chi connectivity index (χ4n) is 1.68. The molecule has 6 heteroatoms. The quantitative estimate of drug-likeness (QED) is 0.871. The lowest BCUT2D eigenvalue weighted by atomic mass is 10.1. The summed E-state index contributed by atoms with van der Waals surface area (Å²) < 4.78 is 30.6. The predicted octanol–water partition coefficient (Wildman–Crippen LogP) is 2.08. The number of rotatable bonds is 5.